The third-order valence-electron chi connectivity index (χ3n) is 1.68. The summed E-state index contributed by atoms with van der Waals surface area (Å²) in [6.07, 6.45) is 0. The van der Waals surface area contributed by atoms with Crippen molar-refractivity contribution in [3.8, 4) is 11.8 Å². The minimum Gasteiger partial charge on any atom is -0.359 e. The number of Topliss-reactive ketones (excluding diaryl/α,β-unsaturated/α-hetero) is 1. The van der Waals surface area contributed by atoms with E-state index in [0.29, 0.717) is 5.56 Å². The quantitative estimate of drug-likeness (QED) is 0.546. The topological polar surface area (TPSA) is 60.2 Å². The Morgan fingerprint density at radius 3 is 2.60 bits per heavy atom. The second-order valence-corrected chi connectivity index (χ2v) is 2.87. The van der Waals surface area contributed by atoms with E-state index in [-0.39, 0.29) is 5.56 Å². The van der Waals surface area contributed by atoms with E-state index in [1.54, 1.807) is 0 Å². The highest BCUT2D eigenvalue weighted by Crippen LogP contribution is 2.10. The molecule has 0 aliphatic rings. The van der Waals surface area contributed by atoms with E-state index >= 15 is 0 Å². The van der Waals surface area contributed by atoms with Gasteiger partial charge in [0.25, 0.3) is 5.91 Å². The molecule has 0 radical (unpaired) electrons. The van der Waals surface area contributed by atoms with Gasteiger partial charge in [0.05, 0.1) is 5.56 Å². The third-order valence-corrected chi connectivity index (χ3v) is 1.68. The van der Waals surface area contributed by atoms with E-state index in [2.05, 4.69) is 11.8 Å². The number of hydrogen-bond acceptors (Lipinski definition) is 2. The fourth-order valence-electron chi connectivity index (χ4n) is 1.01. The first-order valence-electron chi connectivity index (χ1n) is 4.12. The van der Waals surface area contributed by atoms with Gasteiger partial charge in [-0.25, -0.2) is 4.39 Å². The van der Waals surface area contributed by atoms with E-state index in [0.717, 1.165) is 6.07 Å². The van der Waals surface area contributed by atoms with Crippen LogP contribution in [0.1, 0.15) is 22.8 Å². The van der Waals surface area contributed by atoms with Crippen LogP contribution in [-0.4, -0.2) is 11.7 Å². The SMILES string of the molecule is CC(=O)c1cc(C#CC(N)=O)ccc1F. The zero-order valence-electron chi connectivity index (χ0n) is 8.00. The molecule has 0 aromatic heterocycles. The Morgan fingerprint density at radius 1 is 1.40 bits per heavy atom. The van der Waals surface area contributed by atoms with Gasteiger partial charge in [-0.2, -0.15) is 0 Å². The first-order valence-corrected chi connectivity index (χ1v) is 4.12. The summed E-state index contributed by atoms with van der Waals surface area (Å²) in [6.45, 7) is 1.25. The van der Waals surface area contributed by atoms with Crippen molar-refractivity contribution < 1.29 is 14.0 Å². The number of carbonyl (C=O) groups is 2. The average molecular weight is 205 g/mol. The molecule has 0 aliphatic heterocycles. The summed E-state index contributed by atoms with van der Waals surface area (Å²) in [5, 5.41) is 0. The standard InChI is InChI=1S/C11H8FNO2/c1-7(14)9-6-8(2-4-10(9)12)3-5-11(13)15/h2,4,6H,1H3,(H2,13,15). The predicted octanol–water partition coefficient (Wildman–Crippen LogP) is 0.865. The zero-order chi connectivity index (χ0) is 11.4. The molecule has 0 unspecified atom stereocenters. The fourth-order valence-corrected chi connectivity index (χ4v) is 1.01. The fraction of sp³-hybridized carbons (Fsp3) is 0.0909. The van der Waals surface area contributed by atoms with Gasteiger partial charge in [-0.05, 0) is 31.0 Å². The molecule has 1 aromatic rings. The lowest BCUT2D eigenvalue weighted by Crippen LogP contribution is -2.06. The van der Waals surface area contributed by atoms with Crippen molar-refractivity contribution in [2.75, 3.05) is 0 Å². The van der Waals surface area contributed by atoms with Gasteiger partial charge < -0.3 is 5.73 Å². The number of halogens is 1. The largest absolute Gasteiger partial charge is 0.359 e. The van der Waals surface area contributed by atoms with Crippen LogP contribution in [0.15, 0.2) is 18.2 Å². The summed E-state index contributed by atoms with van der Waals surface area (Å²) in [4.78, 5) is 21.3. The maximum atomic E-state index is 13.1. The van der Waals surface area contributed by atoms with Crippen LogP contribution < -0.4 is 5.73 Å². The molecule has 0 bridgehead atoms. The maximum Gasteiger partial charge on any atom is 0.293 e. The Kier molecular flexibility index (Phi) is 3.19. The second-order valence-electron chi connectivity index (χ2n) is 2.87. The third kappa shape index (κ3) is 2.92. The highest BCUT2D eigenvalue weighted by atomic mass is 19.1. The molecule has 15 heavy (non-hydrogen) atoms. The molecule has 1 aromatic carbocycles. The van der Waals surface area contributed by atoms with E-state index in [1.807, 2.05) is 0 Å². The van der Waals surface area contributed by atoms with Crippen molar-refractivity contribution in [1.82, 2.24) is 0 Å². The number of ketones is 1. The zero-order valence-corrected chi connectivity index (χ0v) is 8.00. The van der Waals surface area contributed by atoms with Crippen LogP contribution in [-0.2, 0) is 4.79 Å². The Bertz CT molecular complexity index is 483. The highest BCUT2D eigenvalue weighted by Gasteiger charge is 2.06. The number of nitrogens with two attached hydrogens (primary N) is 1. The lowest BCUT2D eigenvalue weighted by atomic mass is 10.1. The minimum absolute atomic E-state index is 0.0497. The summed E-state index contributed by atoms with van der Waals surface area (Å²) in [5.41, 5.74) is 5.14. The molecule has 2 N–H and O–H groups in total. The van der Waals surface area contributed by atoms with Gasteiger partial charge in [-0.3, -0.25) is 9.59 Å². The van der Waals surface area contributed by atoms with Crippen molar-refractivity contribution in [1.29, 1.82) is 0 Å². The van der Waals surface area contributed by atoms with Gasteiger partial charge in [0.2, 0.25) is 0 Å². The molecule has 0 spiro atoms. The number of carbonyl (C=O) groups excluding carboxylic acids is 2. The first kappa shape index (κ1) is 10.9. The minimum atomic E-state index is -0.774. The van der Waals surface area contributed by atoms with E-state index in [9.17, 15) is 14.0 Å². The average Bonchev–Trinajstić information content (AvgIpc) is 2.16. The molecule has 76 valence electrons. The molecule has 0 saturated heterocycles. The van der Waals surface area contributed by atoms with E-state index in [1.165, 1.54) is 19.1 Å². The molecule has 0 saturated carbocycles. The Balaban J connectivity index is 3.15. The molecule has 1 amide bonds. The summed E-state index contributed by atoms with van der Waals surface area (Å²) >= 11 is 0. The number of rotatable bonds is 1. The van der Waals surface area contributed by atoms with Crippen molar-refractivity contribution in [3.05, 3.63) is 35.1 Å². The summed E-state index contributed by atoms with van der Waals surface area (Å²) in [5.74, 6) is 2.75. The Morgan fingerprint density at radius 2 is 2.07 bits per heavy atom. The number of amides is 1. The smallest absolute Gasteiger partial charge is 0.293 e. The van der Waals surface area contributed by atoms with Gasteiger partial charge in [0, 0.05) is 5.56 Å². The second kappa shape index (κ2) is 4.38. The Labute approximate surface area is 86.1 Å². The molecule has 0 heterocycles. The van der Waals surface area contributed by atoms with E-state index in [4.69, 9.17) is 5.73 Å². The van der Waals surface area contributed by atoms with Crippen LogP contribution in [0.3, 0.4) is 0 Å². The lowest BCUT2D eigenvalue weighted by molar-refractivity contribution is -0.112. The molecule has 0 atom stereocenters. The van der Waals surface area contributed by atoms with Gasteiger partial charge in [-0.1, -0.05) is 5.92 Å². The highest BCUT2D eigenvalue weighted by molar-refractivity contribution is 5.95. The van der Waals surface area contributed by atoms with Gasteiger partial charge in [0.1, 0.15) is 5.82 Å². The van der Waals surface area contributed by atoms with Crippen LogP contribution in [0.25, 0.3) is 0 Å². The van der Waals surface area contributed by atoms with Crippen LogP contribution in [0.5, 0.6) is 0 Å². The monoisotopic (exact) mass is 205 g/mol. The summed E-state index contributed by atoms with van der Waals surface area (Å²) < 4.78 is 13.1. The Hall–Kier alpha value is -2.15. The van der Waals surface area contributed by atoms with Gasteiger partial charge in [-0.15, -0.1) is 0 Å². The molecule has 0 aliphatic carbocycles. The molecular weight excluding hydrogens is 197 g/mol. The number of primary amides is 1. The summed E-state index contributed by atoms with van der Waals surface area (Å²) in [6, 6.07) is 3.78. The normalized spacial score (nSPS) is 8.93. The molecule has 3 nitrogen and oxygen atoms in total. The molecule has 1 rings (SSSR count). The van der Waals surface area contributed by atoms with Gasteiger partial charge in [0.15, 0.2) is 5.78 Å². The number of benzene rings is 1. The maximum absolute atomic E-state index is 13.1. The van der Waals surface area contributed by atoms with Crippen molar-refractivity contribution in [2.45, 2.75) is 6.92 Å². The first-order chi connectivity index (χ1) is 7.00. The molecule has 4 heteroatoms. The van der Waals surface area contributed by atoms with Crippen LogP contribution in [0.4, 0.5) is 4.39 Å². The van der Waals surface area contributed by atoms with Crippen LogP contribution in [0.2, 0.25) is 0 Å². The van der Waals surface area contributed by atoms with Crippen LogP contribution in [0, 0.1) is 17.7 Å². The van der Waals surface area contributed by atoms with Crippen molar-refractivity contribution in [2.24, 2.45) is 5.73 Å². The predicted molar refractivity (Wildman–Crippen MR) is 52.5 cm³/mol. The molecular formula is C11H8FNO2. The van der Waals surface area contributed by atoms with Crippen LogP contribution >= 0.6 is 0 Å². The molecule has 0 fully saturated rings. The summed E-state index contributed by atoms with van der Waals surface area (Å²) in [7, 11) is 0. The van der Waals surface area contributed by atoms with Crippen molar-refractivity contribution >= 4 is 11.7 Å². The van der Waals surface area contributed by atoms with E-state index < -0.39 is 17.5 Å². The van der Waals surface area contributed by atoms with Gasteiger partial charge >= 0.3 is 0 Å². The van der Waals surface area contributed by atoms with Crippen molar-refractivity contribution in [3.63, 3.8) is 0 Å². The lowest BCUT2D eigenvalue weighted by Gasteiger charge is -1.98. The number of hydrogen-bond donors (Lipinski definition) is 1.